The van der Waals surface area contributed by atoms with Crippen LogP contribution in [0.1, 0.15) is 12.8 Å². The van der Waals surface area contributed by atoms with Crippen molar-refractivity contribution in [2.45, 2.75) is 18.4 Å². The van der Waals surface area contributed by atoms with E-state index < -0.39 is 5.54 Å². The Bertz CT molecular complexity index is 244. The zero-order valence-electron chi connectivity index (χ0n) is 8.53. The number of Topliss-reactive ketones (excluding diaryl/α,β-unsaturated/α-hetero) is 1. The van der Waals surface area contributed by atoms with E-state index in [-0.39, 0.29) is 18.3 Å². The largest absolute Gasteiger partial charge is 0.394 e. The van der Waals surface area contributed by atoms with Crippen molar-refractivity contribution in [2.75, 3.05) is 33.4 Å². The van der Waals surface area contributed by atoms with Crippen LogP contribution < -0.4 is 0 Å². The molecule has 1 N–H and O–H groups in total. The number of rotatable bonds is 3. The van der Waals surface area contributed by atoms with E-state index in [1.165, 1.54) is 0 Å². The standard InChI is InChI=1S/C10H17NO3/c1-14-7-10(6-12)9(13)8-3-2-4-11(10)5-8/h8,12H,2-7H2,1H3. The van der Waals surface area contributed by atoms with E-state index in [9.17, 15) is 9.90 Å². The summed E-state index contributed by atoms with van der Waals surface area (Å²) in [7, 11) is 1.58. The molecule has 4 nitrogen and oxygen atoms in total. The minimum atomic E-state index is -0.726. The summed E-state index contributed by atoms with van der Waals surface area (Å²) in [6.07, 6.45) is 2.03. The molecule has 0 spiro atoms. The first-order valence-corrected chi connectivity index (χ1v) is 5.14. The molecule has 2 fully saturated rings. The molecule has 2 bridgehead atoms. The quantitative estimate of drug-likeness (QED) is 0.675. The average Bonchev–Trinajstić information content (AvgIpc) is 2.41. The fourth-order valence-corrected chi connectivity index (χ4v) is 2.74. The Morgan fingerprint density at radius 1 is 1.71 bits per heavy atom. The number of methoxy groups -OCH3 is 1. The number of hydrogen-bond acceptors (Lipinski definition) is 4. The van der Waals surface area contributed by atoms with Gasteiger partial charge in [-0.2, -0.15) is 0 Å². The van der Waals surface area contributed by atoms with Crippen molar-refractivity contribution in [1.29, 1.82) is 0 Å². The molecule has 2 rings (SSSR count). The minimum absolute atomic E-state index is 0.115. The van der Waals surface area contributed by atoms with Crippen LogP contribution in [-0.4, -0.2) is 54.7 Å². The van der Waals surface area contributed by atoms with Gasteiger partial charge in [0.1, 0.15) is 5.54 Å². The van der Waals surface area contributed by atoms with Gasteiger partial charge in [0.2, 0.25) is 0 Å². The van der Waals surface area contributed by atoms with E-state index in [0.717, 1.165) is 25.9 Å². The van der Waals surface area contributed by atoms with Gasteiger partial charge in [-0.15, -0.1) is 0 Å². The summed E-state index contributed by atoms with van der Waals surface area (Å²) in [6, 6.07) is 0. The van der Waals surface area contributed by atoms with E-state index >= 15 is 0 Å². The lowest BCUT2D eigenvalue weighted by atomic mass is 9.91. The Labute approximate surface area is 83.8 Å². The van der Waals surface area contributed by atoms with Gasteiger partial charge < -0.3 is 9.84 Å². The first-order valence-electron chi connectivity index (χ1n) is 5.14. The van der Waals surface area contributed by atoms with Crippen LogP contribution in [0.3, 0.4) is 0 Å². The summed E-state index contributed by atoms with van der Waals surface area (Å²) in [5.41, 5.74) is -0.726. The number of piperidine rings is 1. The lowest BCUT2D eigenvalue weighted by Gasteiger charge is -2.34. The van der Waals surface area contributed by atoms with Crippen molar-refractivity contribution in [3.8, 4) is 0 Å². The molecular formula is C10H17NO3. The molecular weight excluding hydrogens is 182 g/mol. The molecule has 0 amide bonds. The number of carbonyl (C=O) groups excluding carboxylic acids is 1. The Hall–Kier alpha value is -0.450. The Morgan fingerprint density at radius 2 is 2.50 bits per heavy atom. The number of ether oxygens (including phenoxy) is 1. The highest BCUT2D eigenvalue weighted by atomic mass is 16.5. The fraction of sp³-hybridized carbons (Fsp3) is 0.900. The third-order valence-corrected chi connectivity index (χ3v) is 3.50. The van der Waals surface area contributed by atoms with Crippen molar-refractivity contribution in [3.63, 3.8) is 0 Å². The molecule has 0 radical (unpaired) electrons. The predicted octanol–water partition coefficient (Wildman–Crippen LogP) is -0.341. The van der Waals surface area contributed by atoms with Gasteiger partial charge in [-0.05, 0) is 19.4 Å². The molecule has 0 aromatic rings. The van der Waals surface area contributed by atoms with E-state index in [0.29, 0.717) is 6.61 Å². The van der Waals surface area contributed by atoms with Gasteiger partial charge >= 0.3 is 0 Å². The molecule has 0 aliphatic carbocycles. The average molecular weight is 199 g/mol. The lowest BCUT2D eigenvalue weighted by Crippen LogP contribution is -2.54. The van der Waals surface area contributed by atoms with Crippen molar-refractivity contribution in [1.82, 2.24) is 4.90 Å². The van der Waals surface area contributed by atoms with Crippen LogP contribution >= 0.6 is 0 Å². The molecule has 2 heterocycles. The number of carbonyl (C=O) groups is 1. The van der Waals surface area contributed by atoms with E-state index in [4.69, 9.17) is 4.74 Å². The molecule has 3 atom stereocenters. The zero-order valence-corrected chi connectivity index (χ0v) is 8.53. The van der Waals surface area contributed by atoms with Gasteiger partial charge in [0, 0.05) is 19.6 Å². The Morgan fingerprint density at radius 3 is 3.07 bits per heavy atom. The van der Waals surface area contributed by atoms with Gasteiger partial charge in [-0.3, -0.25) is 9.69 Å². The second kappa shape index (κ2) is 3.61. The first-order chi connectivity index (χ1) is 6.74. The Balaban J connectivity index is 2.26. The summed E-state index contributed by atoms with van der Waals surface area (Å²) < 4.78 is 5.08. The highest BCUT2D eigenvalue weighted by Gasteiger charge is 2.54. The maximum atomic E-state index is 12.0. The molecule has 14 heavy (non-hydrogen) atoms. The SMILES string of the molecule is COCC1(CO)C(=O)C2CCCN1C2. The monoisotopic (exact) mass is 199 g/mol. The third-order valence-electron chi connectivity index (χ3n) is 3.50. The molecule has 4 heteroatoms. The number of aliphatic hydroxyl groups excluding tert-OH is 1. The van der Waals surface area contributed by atoms with E-state index in [2.05, 4.69) is 4.90 Å². The fourth-order valence-electron chi connectivity index (χ4n) is 2.74. The number of hydrogen-bond donors (Lipinski definition) is 1. The second-order valence-electron chi connectivity index (χ2n) is 4.27. The van der Waals surface area contributed by atoms with Crippen LogP contribution in [0.4, 0.5) is 0 Å². The highest BCUT2D eigenvalue weighted by molar-refractivity contribution is 5.93. The van der Waals surface area contributed by atoms with Crippen molar-refractivity contribution in [3.05, 3.63) is 0 Å². The van der Waals surface area contributed by atoms with Gasteiger partial charge in [-0.25, -0.2) is 0 Å². The van der Waals surface area contributed by atoms with Crippen LogP contribution in [0.15, 0.2) is 0 Å². The summed E-state index contributed by atoms with van der Waals surface area (Å²) in [6.45, 7) is 1.92. The van der Waals surface area contributed by atoms with Crippen LogP contribution in [-0.2, 0) is 9.53 Å². The normalized spacial score (nSPS) is 41.7. The minimum Gasteiger partial charge on any atom is -0.394 e. The van der Waals surface area contributed by atoms with Crippen molar-refractivity contribution < 1.29 is 14.6 Å². The van der Waals surface area contributed by atoms with Gasteiger partial charge in [0.15, 0.2) is 5.78 Å². The zero-order chi connectivity index (χ0) is 10.2. The number of fused-ring (bicyclic) bond motifs is 2. The summed E-state index contributed by atoms with van der Waals surface area (Å²) in [5.74, 6) is 0.311. The Kier molecular flexibility index (Phi) is 2.60. The molecule has 2 aliphatic heterocycles. The predicted molar refractivity (Wildman–Crippen MR) is 51.0 cm³/mol. The molecule has 2 saturated heterocycles. The highest BCUT2D eigenvalue weighted by Crippen LogP contribution is 2.36. The summed E-state index contributed by atoms with van der Waals surface area (Å²) in [5, 5.41) is 9.42. The van der Waals surface area contributed by atoms with Crippen molar-refractivity contribution >= 4 is 5.78 Å². The number of ketones is 1. The molecule has 0 aromatic carbocycles. The van der Waals surface area contributed by atoms with E-state index in [1.807, 2.05) is 0 Å². The summed E-state index contributed by atoms with van der Waals surface area (Å²) >= 11 is 0. The number of aliphatic hydroxyl groups is 1. The van der Waals surface area contributed by atoms with Gasteiger partial charge in [0.25, 0.3) is 0 Å². The van der Waals surface area contributed by atoms with Gasteiger partial charge in [-0.1, -0.05) is 0 Å². The molecule has 2 aliphatic rings. The van der Waals surface area contributed by atoms with Crippen LogP contribution in [0, 0.1) is 5.92 Å². The van der Waals surface area contributed by atoms with Crippen LogP contribution in [0.25, 0.3) is 0 Å². The number of nitrogens with zero attached hydrogens (tertiary/aromatic N) is 1. The first kappa shape index (κ1) is 10.1. The molecule has 80 valence electrons. The van der Waals surface area contributed by atoms with Crippen LogP contribution in [0.5, 0.6) is 0 Å². The maximum absolute atomic E-state index is 12.0. The molecule has 0 saturated carbocycles. The van der Waals surface area contributed by atoms with Gasteiger partial charge in [0.05, 0.1) is 13.2 Å². The van der Waals surface area contributed by atoms with Crippen LogP contribution in [0.2, 0.25) is 0 Å². The lowest BCUT2D eigenvalue weighted by molar-refractivity contribution is -0.132. The summed E-state index contributed by atoms with van der Waals surface area (Å²) in [4.78, 5) is 14.1. The van der Waals surface area contributed by atoms with E-state index in [1.54, 1.807) is 7.11 Å². The second-order valence-corrected chi connectivity index (χ2v) is 4.27. The maximum Gasteiger partial charge on any atom is 0.162 e. The topological polar surface area (TPSA) is 49.8 Å². The molecule has 0 aromatic heterocycles. The molecule has 3 unspecified atom stereocenters. The van der Waals surface area contributed by atoms with Crippen molar-refractivity contribution in [2.24, 2.45) is 5.92 Å². The smallest absolute Gasteiger partial charge is 0.162 e. The third kappa shape index (κ3) is 1.21.